The summed E-state index contributed by atoms with van der Waals surface area (Å²) in [4.78, 5) is 4.37. The normalized spacial score (nSPS) is 17.3. The highest BCUT2D eigenvalue weighted by Crippen LogP contribution is 2.36. The Bertz CT molecular complexity index is 263. The minimum absolute atomic E-state index is 0.753. The van der Waals surface area contributed by atoms with Gasteiger partial charge >= 0.3 is 0 Å². The molecule has 3 heteroatoms. The number of aryl methyl sites for hydroxylation is 1. The summed E-state index contributed by atoms with van der Waals surface area (Å²) in [6, 6.07) is 0.753. The minimum Gasteiger partial charge on any atom is -0.331 e. The first-order valence-electron chi connectivity index (χ1n) is 4.04. The predicted molar refractivity (Wildman–Crippen MR) is 47.6 cm³/mol. The topological polar surface area (TPSA) is 17.8 Å². The van der Waals surface area contributed by atoms with Crippen LogP contribution in [0, 0.1) is 0 Å². The zero-order chi connectivity index (χ0) is 7.84. The van der Waals surface area contributed by atoms with E-state index in [2.05, 4.69) is 38.6 Å². The summed E-state index contributed by atoms with van der Waals surface area (Å²) in [5.41, 5.74) is 0. The zero-order valence-corrected chi connectivity index (χ0v) is 8.13. The molecule has 11 heavy (non-hydrogen) atoms. The van der Waals surface area contributed by atoms with Crippen LogP contribution in [-0.2, 0) is 6.42 Å². The number of aromatic nitrogens is 2. The van der Waals surface area contributed by atoms with Gasteiger partial charge in [-0.2, -0.15) is 0 Å². The Morgan fingerprint density at radius 3 is 3.00 bits per heavy atom. The van der Waals surface area contributed by atoms with Crippen LogP contribution in [0.3, 0.4) is 0 Å². The predicted octanol–water partition coefficient (Wildman–Crippen LogP) is 2.54. The number of halogens is 1. The zero-order valence-electron chi connectivity index (χ0n) is 6.55. The van der Waals surface area contributed by atoms with Gasteiger partial charge in [-0.15, -0.1) is 0 Å². The van der Waals surface area contributed by atoms with Gasteiger partial charge in [-0.25, -0.2) is 4.98 Å². The lowest BCUT2D eigenvalue weighted by Crippen LogP contribution is -1.98. The van der Waals surface area contributed by atoms with Gasteiger partial charge in [0, 0.05) is 18.7 Å². The van der Waals surface area contributed by atoms with Gasteiger partial charge in [-0.1, -0.05) is 6.92 Å². The van der Waals surface area contributed by atoms with Crippen LogP contribution in [0.4, 0.5) is 0 Å². The van der Waals surface area contributed by atoms with E-state index in [9.17, 15) is 0 Å². The maximum atomic E-state index is 4.37. The molecule has 0 N–H and O–H groups in total. The highest BCUT2D eigenvalue weighted by atomic mass is 79.9. The fourth-order valence-corrected chi connectivity index (χ4v) is 1.75. The molecule has 0 spiro atoms. The van der Waals surface area contributed by atoms with E-state index in [1.807, 2.05) is 0 Å². The molecule has 1 aliphatic rings. The molecule has 60 valence electrons. The molecule has 0 atom stereocenters. The molecule has 0 bridgehead atoms. The van der Waals surface area contributed by atoms with Crippen molar-refractivity contribution in [3.05, 3.63) is 16.6 Å². The molecule has 0 unspecified atom stereocenters. The number of hydrogen-bond acceptors (Lipinski definition) is 1. The molecule has 1 aromatic rings. The molecule has 0 aliphatic heterocycles. The molecule has 1 heterocycles. The van der Waals surface area contributed by atoms with Crippen LogP contribution in [0.15, 0.2) is 10.8 Å². The summed E-state index contributed by atoms with van der Waals surface area (Å²) >= 11 is 3.39. The van der Waals surface area contributed by atoms with E-state index in [-0.39, 0.29) is 0 Å². The average molecular weight is 215 g/mol. The Labute approximate surface area is 74.8 Å². The van der Waals surface area contributed by atoms with E-state index in [1.165, 1.54) is 18.7 Å². The fourth-order valence-electron chi connectivity index (χ4n) is 1.33. The Hall–Kier alpha value is -0.310. The molecular weight excluding hydrogens is 204 g/mol. The van der Waals surface area contributed by atoms with E-state index in [0.717, 1.165) is 17.1 Å². The van der Waals surface area contributed by atoms with E-state index < -0.39 is 0 Å². The van der Waals surface area contributed by atoms with Crippen LogP contribution < -0.4 is 0 Å². The molecule has 1 aromatic heterocycles. The molecule has 1 fully saturated rings. The Kier molecular flexibility index (Phi) is 1.75. The van der Waals surface area contributed by atoms with Gasteiger partial charge in [0.1, 0.15) is 10.4 Å². The quantitative estimate of drug-likeness (QED) is 0.741. The van der Waals surface area contributed by atoms with Crippen LogP contribution in [0.5, 0.6) is 0 Å². The molecule has 0 saturated heterocycles. The van der Waals surface area contributed by atoms with Gasteiger partial charge in [-0.05, 0) is 28.8 Å². The monoisotopic (exact) mass is 214 g/mol. The molecule has 2 rings (SSSR count). The highest BCUT2D eigenvalue weighted by molar-refractivity contribution is 9.10. The van der Waals surface area contributed by atoms with Crippen molar-refractivity contribution in [2.75, 3.05) is 0 Å². The van der Waals surface area contributed by atoms with Crippen LogP contribution in [-0.4, -0.2) is 9.55 Å². The third-order valence-electron chi connectivity index (χ3n) is 2.04. The van der Waals surface area contributed by atoms with Gasteiger partial charge in [-0.3, -0.25) is 0 Å². The smallest absolute Gasteiger partial charge is 0.124 e. The standard InChI is InChI=1S/C8H11BrN2/c1-2-8-10-7(9)5-11(8)6-3-4-6/h5-6H,2-4H2,1H3. The van der Waals surface area contributed by atoms with Gasteiger partial charge in [0.05, 0.1) is 0 Å². The Morgan fingerprint density at radius 2 is 2.45 bits per heavy atom. The first-order chi connectivity index (χ1) is 5.31. The second-order valence-corrected chi connectivity index (χ2v) is 3.78. The van der Waals surface area contributed by atoms with Gasteiger partial charge < -0.3 is 4.57 Å². The molecule has 1 saturated carbocycles. The Balaban J connectivity index is 2.34. The summed E-state index contributed by atoms with van der Waals surface area (Å²) in [6.07, 6.45) is 5.78. The SMILES string of the molecule is CCc1nc(Br)cn1C1CC1. The van der Waals surface area contributed by atoms with E-state index in [4.69, 9.17) is 0 Å². The van der Waals surface area contributed by atoms with Crippen LogP contribution in [0.2, 0.25) is 0 Å². The number of imidazole rings is 1. The van der Waals surface area contributed by atoms with E-state index in [1.54, 1.807) is 0 Å². The number of hydrogen-bond donors (Lipinski definition) is 0. The Morgan fingerprint density at radius 1 is 1.73 bits per heavy atom. The van der Waals surface area contributed by atoms with Crippen molar-refractivity contribution >= 4 is 15.9 Å². The lowest BCUT2D eigenvalue weighted by atomic mass is 10.4. The average Bonchev–Trinajstić information content (AvgIpc) is 2.75. The fraction of sp³-hybridized carbons (Fsp3) is 0.625. The van der Waals surface area contributed by atoms with E-state index >= 15 is 0 Å². The molecule has 0 amide bonds. The lowest BCUT2D eigenvalue weighted by Gasteiger charge is -2.01. The summed E-state index contributed by atoms with van der Waals surface area (Å²) in [5.74, 6) is 1.21. The third kappa shape index (κ3) is 1.34. The van der Waals surface area contributed by atoms with Crippen molar-refractivity contribution in [3.63, 3.8) is 0 Å². The van der Waals surface area contributed by atoms with Crippen molar-refractivity contribution in [1.29, 1.82) is 0 Å². The van der Waals surface area contributed by atoms with Crippen LogP contribution in [0.1, 0.15) is 31.6 Å². The largest absolute Gasteiger partial charge is 0.331 e. The maximum absolute atomic E-state index is 4.37. The summed E-state index contributed by atoms with van der Waals surface area (Å²) in [5, 5.41) is 0. The molecule has 2 nitrogen and oxygen atoms in total. The molecular formula is C8H11BrN2. The summed E-state index contributed by atoms with van der Waals surface area (Å²) in [6.45, 7) is 2.15. The lowest BCUT2D eigenvalue weighted by molar-refractivity contribution is 0.688. The maximum Gasteiger partial charge on any atom is 0.124 e. The minimum atomic E-state index is 0.753. The number of nitrogens with zero attached hydrogens (tertiary/aromatic N) is 2. The van der Waals surface area contributed by atoms with Crippen molar-refractivity contribution in [1.82, 2.24) is 9.55 Å². The first-order valence-corrected chi connectivity index (χ1v) is 4.84. The molecule has 0 radical (unpaired) electrons. The van der Waals surface area contributed by atoms with Gasteiger partial charge in [0.15, 0.2) is 0 Å². The van der Waals surface area contributed by atoms with Crippen molar-refractivity contribution in [2.45, 2.75) is 32.2 Å². The summed E-state index contributed by atoms with van der Waals surface area (Å²) < 4.78 is 3.27. The number of rotatable bonds is 2. The second-order valence-electron chi connectivity index (χ2n) is 2.97. The van der Waals surface area contributed by atoms with Crippen LogP contribution in [0.25, 0.3) is 0 Å². The molecule has 1 aliphatic carbocycles. The second kappa shape index (κ2) is 2.63. The summed E-state index contributed by atoms with van der Waals surface area (Å²) in [7, 11) is 0. The van der Waals surface area contributed by atoms with Gasteiger partial charge in [0.2, 0.25) is 0 Å². The third-order valence-corrected chi connectivity index (χ3v) is 2.42. The van der Waals surface area contributed by atoms with Crippen molar-refractivity contribution < 1.29 is 0 Å². The van der Waals surface area contributed by atoms with Crippen molar-refractivity contribution in [3.8, 4) is 0 Å². The van der Waals surface area contributed by atoms with Gasteiger partial charge in [0.25, 0.3) is 0 Å². The van der Waals surface area contributed by atoms with Crippen molar-refractivity contribution in [2.24, 2.45) is 0 Å². The molecule has 0 aromatic carbocycles. The first kappa shape index (κ1) is 7.35. The highest BCUT2D eigenvalue weighted by Gasteiger charge is 2.25. The van der Waals surface area contributed by atoms with E-state index in [0.29, 0.717) is 0 Å². The van der Waals surface area contributed by atoms with Crippen LogP contribution >= 0.6 is 15.9 Å².